The molecule has 0 radical (unpaired) electrons. The molecule has 0 spiro atoms. The Morgan fingerprint density at radius 1 is 1.19 bits per heavy atom. The summed E-state index contributed by atoms with van der Waals surface area (Å²) >= 11 is 1.28. The number of nitrogens with one attached hydrogen (secondary N) is 1. The van der Waals surface area contributed by atoms with Gasteiger partial charge in [-0.05, 0) is 31.5 Å². The number of rotatable bonds is 6. The molecular formula is C19H19FN4OS. The lowest BCUT2D eigenvalue weighted by molar-refractivity contribution is -0.113. The first-order valence-electron chi connectivity index (χ1n) is 8.26. The van der Waals surface area contributed by atoms with E-state index >= 15 is 0 Å². The standard InChI is InChI=1S/C19H19FN4OS/c1-3-24-18(14-7-5-4-6-8-14)22-23-19(24)26-12-17(25)21-16-10-9-13(2)11-15(16)20/h4-11H,3,12H2,1-2H3,(H,21,25). The molecule has 7 heteroatoms. The Balaban J connectivity index is 1.68. The summed E-state index contributed by atoms with van der Waals surface area (Å²) in [6.45, 7) is 4.49. The Kier molecular flexibility index (Phi) is 5.68. The molecule has 2 aromatic carbocycles. The Morgan fingerprint density at radius 2 is 1.96 bits per heavy atom. The zero-order chi connectivity index (χ0) is 18.5. The first kappa shape index (κ1) is 18.1. The molecule has 0 aliphatic carbocycles. The van der Waals surface area contributed by atoms with Crippen LogP contribution in [0.5, 0.6) is 0 Å². The van der Waals surface area contributed by atoms with E-state index in [2.05, 4.69) is 15.5 Å². The highest BCUT2D eigenvalue weighted by Gasteiger charge is 2.15. The van der Waals surface area contributed by atoms with Crippen LogP contribution >= 0.6 is 11.8 Å². The minimum atomic E-state index is -0.438. The SMILES string of the molecule is CCn1c(SCC(=O)Nc2ccc(C)cc2F)nnc1-c1ccccc1. The first-order valence-corrected chi connectivity index (χ1v) is 9.24. The van der Waals surface area contributed by atoms with Gasteiger partial charge in [-0.3, -0.25) is 4.79 Å². The summed E-state index contributed by atoms with van der Waals surface area (Å²) in [6, 6.07) is 14.5. The Labute approximate surface area is 155 Å². The minimum Gasteiger partial charge on any atom is -0.323 e. The Bertz CT molecular complexity index is 911. The van der Waals surface area contributed by atoms with Crippen LogP contribution in [0.2, 0.25) is 0 Å². The third-order valence-corrected chi connectivity index (χ3v) is 4.76. The molecule has 1 aromatic heterocycles. The molecule has 0 saturated heterocycles. The van der Waals surface area contributed by atoms with E-state index in [1.807, 2.05) is 41.8 Å². The highest BCUT2D eigenvalue weighted by Crippen LogP contribution is 2.24. The normalized spacial score (nSPS) is 10.7. The topological polar surface area (TPSA) is 59.8 Å². The molecule has 3 rings (SSSR count). The van der Waals surface area contributed by atoms with Crippen molar-refractivity contribution in [1.29, 1.82) is 0 Å². The smallest absolute Gasteiger partial charge is 0.234 e. The van der Waals surface area contributed by atoms with Crippen molar-refractivity contribution in [2.24, 2.45) is 0 Å². The zero-order valence-corrected chi connectivity index (χ0v) is 15.4. The number of nitrogens with zero attached hydrogens (tertiary/aromatic N) is 3. The van der Waals surface area contributed by atoms with Gasteiger partial charge in [-0.25, -0.2) is 4.39 Å². The quantitative estimate of drug-likeness (QED) is 0.663. The van der Waals surface area contributed by atoms with Crippen molar-refractivity contribution in [3.63, 3.8) is 0 Å². The molecule has 0 saturated carbocycles. The number of hydrogen-bond acceptors (Lipinski definition) is 4. The molecule has 0 unspecified atom stereocenters. The highest BCUT2D eigenvalue weighted by atomic mass is 32.2. The van der Waals surface area contributed by atoms with Crippen LogP contribution in [0, 0.1) is 12.7 Å². The van der Waals surface area contributed by atoms with E-state index in [0.29, 0.717) is 11.7 Å². The lowest BCUT2D eigenvalue weighted by Gasteiger charge is -2.08. The van der Waals surface area contributed by atoms with Gasteiger partial charge in [0.15, 0.2) is 11.0 Å². The monoisotopic (exact) mass is 370 g/mol. The van der Waals surface area contributed by atoms with Crippen molar-refractivity contribution in [3.8, 4) is 11.4 Å². The fraction of sp³-hybridized carbons (Fsp3) is 0.211. The number of benzene rings is 2. The number of anilines is 1. The number of carbonyl (C=O) groups is 1. The number of amides is 1. The predicted molar refractivity (Wildman–Crippen MR) is 102 cm³/mol. The number of aryl methyl sites for hydroxylation is 1. The van der Waals surface area contributed by atoms with Gasteiger partial charge in [0.05, 0.1) is 11.4 Å². The molecule has 1 amide bonds. The van der Waals surface area contributed by atoms with Crippen LogP contribution in [-0.2, 0) is 11.3 Å². The largest absolute Gasteiger partial charge is 0.323 e. The molecule has 0 atom stereocenters. The molecule has 0 fully saturated rings. The van der Waals surface area contributed by atoms with Gasteiger partial charge in [-0.2, -0.15) is 0 Å². The summed E-state index contributed by atoms with van der Waals surface area (Å²) in [6.07, 6.45) is 0. The van der Waals surface area contributed by atoms with Crippen LogP contribution < -0.4 is 5.32 Å². The predicted octanol–water partition coefficient (Wildman–Crippen LogP) is 4.14. The van der Waals surface area contributed by atoms with Crippen molar-refractivity contribution >= 4 is 23.4 Å². The lowest BCUT2D eigenvalue weighted by atomic mass is 10.2. The van der Waals surface area contributed by atoms with Crippen molar-refractivity contribution in [1.82, 2.24) is 14.8 Å². The fourth-order valence-corrected chi connectivity index (χ4v) is 3.32. The maximum atomic E-state index is 13.8. The van der Waals surface area contributed by atoms with Crippen LogP contribution in [-0.4, -0.2) is 26.4 Å². The van der Waals surface area contributed by atoms with Gasteiger partial charge in [0.25, 0.3) is 0 Å². The van der Waals surface area contributed by atoms with E-state index < -0.39 is 5.82 Å². The van der Waals surface area contributed by atoms with E-state index in [0.717, 1.165) is 17.0 Å². The summed E-state index contributed by atoms with van der Waals surface area (Å²) < 4.78 is 15.8. The third kappa shape index (κ3) is 4.11. The zero-order valence-electron chi connectivity index (χ0n) is 14.6. The molecule has 134 valence electrons. The van der Waals surface area contributed by atoms with Gasteiger partial charge < -0.3 is 9.88 Å². The van der Waals surface area contributed by atoms with Crippen LogP contribution in [0.15, 0.2) is 53.7 Å². The number of carbonyl (C=O) groups excluding carboxylic acids is 1. The number of hydrogen-bond donors (Lipinski definition) is 1. The summed E-state index contributed by atoms with van der Waals surface area (Å²) in [4.78, 5) is 12.1. The maximum absolute atomic E-state index is 13.8. The molecule has 3 aromatic rings. The Hall–Kier alpha value is -2.67. The summed E-state index contributed by atoms with van der Waals surface area (Å²) in [5, 5.41) is 11.7. The average molecular weight is 370 g/mol. The minimum absolute atomic E-state index is 0.125. The molecule has 0 bridgehead atoms. The molecule has 26 heavy (non-hydrogen) atoms. The number of thioether (sulfide) groups is 1. The van der Waals surface area contributed by atoms with Crippen LogP contribution in [0.25, 0.3) is 11.4 Å². The third-order valence-electron chi connectivity index (χ3n) is 3.80. The van der Waals surface area contributed by atoms with Gasteiger partial charge in [0.1, 0.15) is 5.82 Å². The molecular weight excluding hydrogens is 351 g/mol. The van der Waals surface area contributed by atoms with Crippen LogP contribution in [0.1, 0.15) is 12.5 Å². The highest BCUT2D eigenvalue weighted by molar-refractivity contribution is 7.99. The van der Waals surface area contributed by atoms with Crippen LogP contribution in [0.4, 0.5) is 10.1 Å². The average Bonchev–Trinajstić information content (AvgIpc) is 3.06. The molecule has 5 nitrogen and oxygen atoms in total. The van der Waals surface area contributed by atoms with E-state index in [-0.39, 0.29) is 17.3 Å². The van der Waals surface area contributed by atoms with Gasteiger partial charge in [-0.1, -0.05) is 48.2 Å². The second-order valence-corrected chi connectivity index (χ2v) is 6.68. The van der Waals surface area contributed by atoms with E-state index in [9.17, 15) is 9.18 Å². The van der Waals surface area contributed by atoms with E-state index in [1.165, 1.54) is 17.8 Å². The van der Waals surface area contributed by atoms with E-state index in [4.69, 9.17) is 0 Å². The summed E-state index contributed by atoms with van der Waals surface area (Å²) in [5.41, 5.74) is 1.96. The summed E-state index contributed by atoms with van der Waals surface area (Å²) in [7, 11) is 0. The van der Waals surface area contributed by atoms with Gasteiger partial charge in [0.2, 0.25) is 5.91 Å². The fourth-order valence-electron chi connectivity index (χ4n) is 2.52. The molecule has 1 heterocycles. The lowest BCUT2D eigenvalue weighted by Crippen LogP contribution is -2.15. The second kappa shape index (κ2) is 8.14. The first-order chi connectivity index (χ1) is 12.6. The molecule has 1 N–H and O–H groups in total. The molecule has 0 aliphatic heterocycles. The van der Waals surface area contributed by atoms with Crippen molar-refractivity contribution in [2.75, 3.05) is 11.1 Å². The van der Waals surface area contributed by atoms with E-state index in [1.54, 1.807) is 19.1 Å². The van der Waals surface area contributed by atoms with Crippen molar-refractivity contribution in [2.45, 2.75) is 25.5 Å². The van der Waals surface area contributed by atoms with Crippen molar-refractivity contribution in [3.05, 3.63) is 59.9 Å². The maximum Gasteiger partial charge on any atom is 0.234 e. The van der Waals surface area contributed by atoms with Gasteiger partial charge in [-0.15, -0.1) is 10.2 Å². The second-order valence-electron chi connectivity index (χ2n) is 5.74. The van der Waals surface area contributed by atoms with Gasteiger partial charge >= 0.3 is 0 Å². The number of aromatic nitrogens is 3. The molecule has 0 aliphatic rings. The summed E-state index contributed by atoms with van der Waals surface area (Å²) in [5.74, 6) is 0.164. The number of halogens is 1. The van der Waals surface area contributed by atoms with Gasteiger partial charge in [0, 0.05) is 12.1 Å². The van der Waals surface area contributed by atoms with Crippen molar-refractivity contribution < 1.29 is 9.18 Å². The van der Waals surface area contributed by atoms with Crippen LogP contribution in [0.3, 0.4) is 0 Å². The Morgan fingerprint density at radius 3 is 2.65 bits per heavy atom.